The molecule has 1 aromatic heterocycles. The number of amides is 1. The maximum absolute atomic E-state index is 14.0. The molecular weight excluding hydrogens is 305 g/mol. The van der Waals surface area contributed by atoms with E-state index in [9.17, 15) is 9.18 Å². The van der Waals surface area contributed by atoms with E-state index < -0.39 is 5.82 Å². The normalized spacial score (nSPS) is 14.0. The lowest BCUT2D eigenvalue weighted by Gasteiger charge is -2.23. The van der Waals surface area contributed by atoms with Crippen molar-refractivity contribution >= 4 is 17.5 Å². The van der Waals surface area contributed by atoms with Crippen molar-refractivity contribution in [2.24, 2.45) is 0 Å². The molecule has 22 heavy (non-hydrogen) atoms. The third-order valence-electron chi connectivity index (χ3n) is 3.64. The zero-order chi connectivity index (χ0) is 15.7. The Morgan fingerprint density at radius 1 is 1.36 bits per heavy atom. The van der Waals surface area contributed by atoms with Crippen LogP contribution in [0.3, 0.4) is 0 Å². The fraction of sp³-hybridized carbons (Fsp3) is 0.312. The lowest BCUT2D eigenvalue weighted by Crippen LogP contribution is -2.33. The number of carbonyl (C=O) groups excluding carboxylic acids is 1. The maximum atomic E-state index is 14.0. The largest absolute Gasteiger partial charge is 0.330 e. The molecule has 0 N–H and O–H groups in total. The van der Waals surface area contributed by atoms with Gasteiger partial charge in [-0.1, -0.05) is 17.7 Å². The van der Waals surface area contributed by atoms with E-state index in [-0.39, 0.29) is 24.2 Å². The number of rotatable bonds is 4. The molecule has 0 spiro atoms. The summed E-state index contributed by atoms with van der Waals surface area (Å²) in [7, 11) is 0. The van der Waals surface area contributed by atoms with Gasteiger partial charge < -0.3 is 4.90 Å². The van der Waals surface area contributed by atoms with Crippen molar-refractivity contribution in [3.8, 4) is 0 Å². The van der Waals surface area contributed by atoms with Crippen molar-refractivity contribution in [3.05, 3.63) is 58.4 Å². The van der Waals surface area contributed by atoms with Crippen LogP contribution in [0.2, 0.25) is 5.02 Å². The van der Waals surface area contributed by atoms with E-state index in [4.69, 9.17) is 11.6 Å². The van der Waals surface area contributed by atoms with Crippen LogP contribution in [0.4, 0.5) is 4.39 Å². The molecule has 6 heteroatoms. The minimum Gasteiger partial charge on any atom is -0.330 e. The van der Waals surface area contributed by atoms with Gasteiger partial charge in [-0.15, -0.1) is 0 Å². The first-order chi connectivity index (χ1) is 10.6. The number of nitrogens with zero attached hydrogens (tertiary/aromatic N) is 3. The van der Waals surface area contributed by atoms with Gasteiger partial charge in [0.15, 0.2) is 0 Å². The van der Waals surface area contributed by atoms with Gasteiger partial charge >= 0.3 is 0 Å². The van der Waals surface area contributed by atoms with Gasteiger partial charge in [0, 0.05) is 22.8 Å². The van der Waals surface area contributed by atoms with E-state index in [1.165, 1.54) is 12.3 Å². The monoisotopic (exact) mass is 319 g/mol. The molecule has 1 aliphatic rings. The molecule has 114 valence electrons. The first-order valence-corrected chi connectivity index (χ1v) is 7.46. The van der Waals surface area contributed by atoms with Crippen LogP contribution in [-0.4, -0.2) is 26.8 Å². The first-order valence-electron chi connectivity index (χ1n) is 7.09. The third kappa shape index (κ3) is 3.09. The number of carbonyl (C=O) groups is 1. The van der Waals surface area contributed by atoms with Gasteiger partial charge in [0.2, 0.25) is 0 Å². The van der Waals surface area contributed by atoms with Gasteiger partial charge in [-0.25, -0.2) is 9.37 Å². The summed E-state index contributed by atoms with van der Waals surface area (Å²) in [6, 6.07) is 4.64. The number of aromatic nitrogens is 2. The summed E-state index contributed by atoms with van der Waals surface area (Å²) in [5, 5.41) is 0.327. The average molecular weight is 320 g/mol. The Morgan fingerprint density at radius 2 is 2.14 bits per heavy atom. The number of benzene rings is 1. The Kier molecular flexibility index (Phi) is 4.07. The van der Waals surface area contributed by atoms with Gasteiger partial charge in [-0.05, 0) is 31.9 Å². The van der Waals surface area contributed by atoms with Crippen LogP contribution in [0.1, 0.15) is 34.6 Å². The molecule has 0 saturated heterocycles. The summed E-state index contributed by atoms with van der Waals surface area (Å²) in [5.41, 5.74) is 1.35. The lowest BCUT2D eigenvalue weighted by atomic mass is 10.2. The molecule has 1 aliphatic carbocycles. The number of hydrogen-bond acceptors (Lipinski definition) is 3. The molecule has 0 unspecified atom stereocenters. The Balaban J connectivity index is 1.87. The second-order valence-corrected chi connectivity index (χ2v) is 5.81. The first kappa shape index (κ1) is 14.9. The molecule has 1 heterocycles. The molecule has 1 saturated carbocycles. The van der Waals surface area contributed by atoms with E-state index in [0.29, 0.717) is 10.6 Å². The quantitative estimate of drug-likeness (QED) is 0.868. The number of hydrogen-bond donors (Lipinski definition) is 0. The molecule has 0 bridgehead atoms. The van der Waals surface area contributed by atoms with E-state index >= 15 is 0 Å². The van der Waals surface area contributed by atoms with Gasteiger partial charge in [0.05, 0.1) is 18.4 Å². The summed E-state index contributed by atoms with van der Waals surface area (Å²) in [6.07, 6.45) is 4.83. The Morgan fingerprint density at radius 3 is 2.73 bits per heavy atom. The van der Waals surface area contributed by atoms with E-state index in [0.717, 1.165) is 18.5 Å². The van der Waals surface area contributed by atoms with Crippen LogP contribution >= 0.6 is 11.6 Å². The molecule has 3 rings (SSSR count). The Hall–Kier alpha value is -2.01. The number of aryl methyl sites for hydroxylation is 1. The molecule has 0 atom stereocenters. The van der Waals surface area contributed by atoms with Crippen LogP contribution in [-0.2, 0) is 6.54 Å². The summed E-state index contributed by atoms with van der Waals surface area (Å²) in [5.74, 6) is -0.643. The zero-order valence-corrected chi connectivity index (χ0v) is 12.8. The minimum absolute atomic E-state index is 0.117. The maximum Gasteiger partial charge on any atom is 0.274 e. The third-order valence-corrected chi connectivity index (χ3v) is 3.99. The highest BCUT2D eigenvalue weighted by Crippen LogP contribution is 2.31. The summed E-state index contributed by atoms with van der Waals surface area (Å²) < 4.78 is 14.0. The van der Waals surface area contributed by atoms with Gasteiger partial charge in [0.1, 0.15) is 11.5 Å². The van der Waals surface area contributed by atoms with Crippen molar-refractivity contribution in [1.82, 2.24) is 14.9 Å². The molecule has 1 amide bonds. The predicted octanol–water partition coefficient (Wildman–Crippen LogP) is 3.38. The van der Waals surface area contributed by atoms with Crippen LogP contribution in [0.15, 0.2) is 30.6 Å². The summed E-state index contributed by atoms with van der Waals surface area (Å²) in [6.45, 7) is 1.95. The van der Waals surface area contributed by atoms with Crippen molar-refractivity contribution in [2.75, 3.05) is 0 Å². The van der Waals surface area contributed by atoms with Gasteiger partial charge in [-0.3, -0.25) is 9.78 Å². The lowest BCUT2D eigenvalue weighted by molar-refractivity contribution is 0.0722. The molecule has 1 fully saturated rings. The van der Waals surface area contributed by atoms with Crippen molar-refractivity contribution in [2.45, 2.75) is 32.4 Å². The summed E-state index contributed by atoms with van der Waals surface area (Å²) >= 11 is 6.06. The molecule has 2 aromatic rings. The highest BCUT2D eigenvalue weighted by atomic mass is 35.5. The van der Waals surface area contributed by atoms with Crippen LogP contribution in [0.5, 0.6) is 0 Å². The van der Waals surface area contributed by atoms with Gasteiger partial charge in [-0.2, -0.15) is 0 Å². The highest BCUT2D eigenvalue weighted by Gasteiger charge is 2.34. The average Bonchev–Trinajstić information content (AvgIpc) is 3.32. The summed E-state index contributed by atoms with van der Waals surface area (Å²) in [4.78, 5) is 22.5. The van der Waals surface area contributed by atoms with Crippen LogP contribution < -0.4 is 0 Å². The standard InChI is InChI=1S/C16H15ClFN3O/c1-10-7-20-15(8-19-10)16(22)21(11-5-6-11)9-12-13(17)3-2-4-14(12)18/h2-4,7-8,11H,5-6,9H2,1H3. The van der Waals surface area contributed by atoms with Crippen molar-refractivity contribution in [1.29, 1.82) is 0 Å². The van der Waals surface area contributed by atoms with E-state index in [1.807, 2.05) is 0 Å². The Labute approximate surface area is 133 Å². The number of halogens is 2. The highest BCUT2D eigenvalue weighted by molar-refractivity contribution is 6.31. The van der Waals surface area contributed by atoms with Gasteiger partial charge in [0.25, 0.3) is 5.91 Å². The SMILES string of the molecule is Cc1cnc(C(=O)N(Cc2c(F)cccc2Cl)C2CC2)cn1. The van der Waals surface area contributed by atoms with Crippen LogP contribution in [0.25, 0.3) is 0 Å². The second-order valence-electron chi connectivity index (χ2n) is 5.41. The smallest absolute Gasteiger partial charge is 0.274 e. The molecular formula is C16H15ClFN3O. The second kappa shape index (κ2) is 6.01. The topological polar surface area (TPSA) is 46.1 Å². The molecule has 0 aliphatic heterocycles. The van der Waals surface area contributed by atoms with Crippen molar-refractivity contribution in [3.63, 3.8) is 0 Å². The predicted molar refractivity (Wildman–Crippen MR) is 81.1 cm³/mol. The fourth-order valence-electron chi connectivity index (χ4n) is 2.26. The molecule has 1 aromatic carbocycles. The Bertz CT molecular complexity index is 681. The minimum atomic E-state index is -0.402. The zero-order valence-electron chi connectivity index (χ0n) is 12.1. The van der Waals surface area contributed by atoms with Crippen molar-refractivity contribution < 1.29 is 9.18 Å². The van der Waals surface area contributed by atoms with E-state index in [2.05, 4.69) is 9.97 Å². The van der Waals surface area contributed by atoms with E-state index in [1.54, 1.807) is 30.2 Å². The molecule has 4 nitrogen and oxygen atoms in total. The fourth-order valence-corrected chi connectivity index (χ4v) is 2.48. The molecule has 0 radical (unpaired) electrons. The van der Waals surface area contributed by atoms with Crippen LogP contribution in [0, 0.1) is 12.7 Å².